The summed E-state index contributed by atoms with van der Waals surface area (Å²) in [7, 11) is 0. The summed E-state index contributed by atoms with van der Waals surface area (Å²) in [6.45, 7) is 6.92. The molecule has 0 spiro atoms. The summed E-state index contributed by atoms with van der Waals surface area (Å²) in [6.07, 6.45) is 4.27. The van der Waals surface area contributed by atoms with Gasteiger partial charge in [0, 0.05) is 44.0 Å². The third-order valence-electron chi connectivity index (χ3n) is 6.26. The maximum absolute atomic E-state index is 12.7. The first kappa shape index (κ1) is 22.5. The topological polar surface area (TPSA) is 109 Å². The fourth-order valence-electron chi connectivity index (χ4n) is 4.55. The maximum Gasteiger partial charge on any atom is 0.257 e. The number of primary amides is 1. The third-order valence-corrected chi connectivity index (χ3v) is 7.46. The lowest BCUT2D eigenvalue weighted by atomic mass is 9.95. The van der Waals surface area contributed by atoms with E-state index in [1.165, 1.54) is 16.2 Å². The number of fused-ring (bicyclic) bond motifs is 1. The van der Waals surface area contributed by atoms with Crippen LogP contribution < -0.4 is 11.1 Å². The number of aryl methyl sites for hydroxylation is 3. The lowest BCUT2D eigenvalue weighted by Crippen LogP contribution is -2.49. The number of furan rings is 1. The molecular formula is C23H30N4O4S. The Hall–Kier alpha value is -2.65. The van der Waals surface area contributed by atoms with Crippen LogP contribution in [-0.2, 0) is 17.6 Å². The molecule has 0 bridgehead atoms. The molecule has 172 valence electrons. The fourth-order valence-corrected chi connectivity index (χ4v) is 5.86. The molecule has 2 aliphatic rings. The Kier molecular flexibility index (Phi) is 6.66. The van der Waals surface area contributed by atoms with Crippen molar-refractivity contribution in [1.82, 2.24) is 9.80 Å². The van der Waals surface area contributed by atoms with Crippen LogP contribution in [0.1, 0.15) is 61.9 Å². The van der Waals surface area contributed by atoms with Gasteiger partial charge in [-0.3, -0.25) is 19.3 Å². The first-order valence-corrected chi connectivity index (χ1v) is 12.0. The van der Waals surface area contributed by atoms with Crippen molar-refractivity contribution < 1.29 is 18.8 Å². The molecule has 0 radical (unpaired) electrons. The van der Waals surface area contributed by atoms with Crippen LogP contribution in [0.25, 0.3) is 0 Å². The van der Waals surface area contributed by atoms with E-state index >= 15 is 0 Å². The minimum Gasteiger partial charge on any atom is -0.466 e. The van der Waals surface area contributed by atoms with Crippen molar-refractivity contribution in [3.8, 4) is 0 Å². The van der Waals surface area contributed by atoms with E-state index < -0.39 is 5.91 Å². The molecule has 3 N–H and O–H groups in total. The molecule has 32 heavy (non-hydrogen) atoms. The van der Waals surface area contributed by atoms with Gasteiger partial charge in [-0.15, -0.1) is 11.3 Å². The van der Waals surface area contributed by atoms with E-state index in [1.54, 1.807) is 6.07 Å². The van der Waals surface area contributed by atoms with Crippen molar-refractivity contribution in [2.24, 2.45) is 5.73 Å². The zero-order valence-electron chi connectivity index (χ0n) is 18.7. The minimum atomic E-state index is -0.469. The molecule has 3 amide bonds. The number of hydrogen-bond donors (Lipinski definition) is 2. The van der Waals surface area contributed by atoms with E-state index in [-0.39, 0.29) is 11.8 Å². The predicted molar refractivity (Wildman–Crippen MR) is 123 cm³/mol. The highest BCUT2D eigenvalue weighted by atomic mass is 32.1. The molecule has 8 nitrogen and oxygen atoms in total. The van der Waals surface area contributed by atoms with Gasteiger partial charge in [0.2, 0.25) is 5.91 Å². The molecule has 3 heterocycles. The van der Waals surface area contributed by atoms with Crippen molar-refractivity contribution in [3.05, 3.63) is 39.2 Å². The van der Waals surface area contributed by atoms with Gasteiger partial charge in [0.15, 0.2) is 0 Å². The van der Waals surface area contributed by atoms with Crippen molar-refractivity contribution >= 4 is 34.1 Å². The molecule has 0 unspecified atom stereocenters. The Morgan fingerprint density at radius 3 is 2.50 bits per heavy atom. The average molecular weight is 459 g/mol. The zero-order valence-corrected chi connectivity index (χ0v) is 19.5. The van der Waals surface area contributed by atoms with Crippen LogP contribution in [0.2, 0.25) is 0 Å². The highest BCUT2D eigenvalue weighted by Gasteiger charge is 2.27. The SMILES string of the molecule is Cc1cc(C(=O)N2CCN(CCC(=O)Nc3sc4c(c3C(N)=O)CCCC4)CC2)c(C)o1. The van der Waals surface area contributed by atoms with E-state index in [2.05, 4.69) is 10.2 Å². The third kappa shape index (κ3) is 4.73. The van der Waals surface area contributed by atoms with Crippen molar-refractivity contribution in [2.75, 3.05) is 38.0 Å². The average Bonchev–Trinajstić information content (AvgIpc) is 3.30. The number of hydrogen-bond acceptors (Lipinski definition) is 6. The van der Waals surface area contributed by atoms with Crippen LogP contribution in [0.4, 0.5) is 5.00 Å². The van der Waals surface area contributed by atoms with Crippen LogP contribution >= 0.6 is 11.3 Å². The van der Waals surface area contributed by atoms with Crippen LogP contribution in [0.3, 0.4) is 0 Å². The number of nitrogens with zero attached hydrogens (tertiary/aromatic N) is 2. The Morgan fingerprint density at radius 2 is 1.84 bits per heavy atom. The molecule has 0 saturated carbocycles. The Balaban J connectivity index is 1.28. The second-order valence-electron chi connectivity index (χ2n) is 8.54. The van der Waals surface area contributed by atoms with Gasteiger partial charge in [-0.2, -0.15) is 0 Å². The van der Waals surface area contributed by atoms with Gasteiger partial charge in [-0.25, -0.2) is 0 Å². The van der Waals surface area contributed by atoms with Gasteiger partial charge in [0.25, 0.3) is 11.8 Å². The van der Waals surface area contributed by atoms with E-state index in [1.807, 2.05) is 18.7 Å². The van der Waals surface area contributed by atoms with Crippen molar-refractivity contribution in [3.63, 3.8) is 0 Å². The van der Waals surface area contributed by atoms with Crippen molar-refractivity contribution in [2.45, 2.75) is 46.0 Å². The standard InChI is InChI=1S/C23H30N4O4S/c1-14-13-17(15(2)31-14)23(30)27-11-9-26(10-12-27)8-7-19(28)25-22-20(21(24)29)16-5-3-4-6-18(16)32-22/h13H,3-12H2,1-2H3,(H2,24,29)(H,25,28). The number of nitrogens with two attached hydrogens (primary N) is 1. The monoisotopic (exact) mass is 458 g/mol. The Labute approximate surface area is 191 Å². The lowest BCUT2D eigenvalue weighted by molar-refractivity contribution is -0.116. The van der Waals surface area contributed by atoms with Gasteiger partial charge in [-0.05, 0) is 51.2 Å². The van der Waals surface area contributed by atoms with E-state index in [9.17, 15) is 14.4 Å². The molecule has 2 aromatic heterocycles. The summed E-state index contributed by atoms with van der Waals surface area (Å²) < 4.78 is 5.48. The molecule has 1 aliphatic heterocycles. The Morgan fingerprint density at radius 1 is 1.12 bits per heavy atom. The number of rotatable bonds is 6. The summed E-state index contributed by atoms with van der Waals surface area (Å²) in [5, 5.41) is 3.52. The van der Waals surface area contributed by atoms with Crippen LogP contribution in [0, 0.1) is 13.8 Å². The van der Waals surface area contributed by atoms with Gasteiger partial charge >= 0.3 is 0 Å². The predicted octanol–water partition coefficient (Wildman–Crippen LogP) is 2.72. The molecule has 4 rings (SSSR count). The maximum atomic E-state index is 12.7. The number of carbonyl (C=O) groups excluding carboxylic acids is 3. The van der Waals surface area contributed by atoms with E-state index in [0.29, 0.717) is 61.0 Å². The number of anilines is 1. The van der Waals surface area contributed by atoms with E-state index in [4.69, 9.17) is 10.2 Å². The summed E-state index contributed by atoms with van der Waals surface area (Å²) in [6, 6.07) is 1.79. The highest BCUT2D eigenvalue weighted by molar-refractivity contribution is 7.17. The fraction of sp³-hybridized carbons (Fsp3) is 0.522. The molecule has 1 fully saturated rings. The zero-order chi connectivity index (χ0) is 22.8. The highest BCUT2D eigenvalue weighted by Crippen LogP contribution is 2.37. The lowest BCUT2D eigenvalue weighted by Gasteiger charge is -2.34. The minimum absolute atomic E-state index is 0.00242. The van der Waals surface area contributed by atoms with Crippen LogP contribution in [0.15, 0.2) is 10.5 Å². The molecule has 2 aromatic rings. The normalized spacial score (nSPS) is 16.6. The van der Waals surface area contributed by atoms with E-state index in [0.717, 1.165) is 37.0 Å². The molecule has 1 aliphatic carbocycles. The number of thiophene rings is 1. The molecule has 1 saturated heterocycles. The largest absolute Gasteiger partial charge is 0.466 e. The first-order valence-electron chi connectivity index (χ1n) is 11.2. The van der Waals surface area contributed by atoms with Gasteiger partial charge in [-0.1, -0.05) is 0 Å². The number of nitrogens with one attached hydrogen (secondary N) is 1. The molecule has 0 aromatic carbocycles. The van der Waals surface area contributed by atoms with Gasteiger partial charge < -0.3 is 20.4 Å². The molecule has 0 atom stereocenters. The molecule has 9 heteroatoms. The van der Waals surface area contributed by atoms with Crippen LogP contribution in [0.5, 0.6) is 0 Å². The summed E-state index contributed by atoms with van der Waals surface area (Å²) >= 11 is 1.49. The number of carbonyl (C=O) groups is 3. The van der Waals surface area contributed by atoms with Gasteiger partial charge in [0.05, 0.1) is 11.1 Å². The molecular weight excluding hydrogens is 428 g/mol. The quantitative estimate of drug-likeness (QED) is 0.692. The summed E-state index contributed by atoms with van der Waals surface area (Å²) in [5.41, 5.74) is 7.75. The summed E-state index contributed by atoms with van der Waals surface area (Å²) in [4.78, 5) is 42.5. The second-order valence-corrected chi connectivity index (χ2v) is 9.64. The number of piperazine rings is 1. The van der Waals surface area contributed by atoms with Crippen LogP contribution in [-0.4, -0.2) is 60.2 Å². The van der Waals surface area contributed by atoms with Gasteiger partial charge in [0.1, 0.15) is 16.5 Å². The second kappa shape index (κ2) is 9.46. The Bertz CT molecular complexity index is 1030. The smallest absolute Gasteiger partial charge is 0.257 e. The number of amides is 3. The summed E-state index contributed by atoms with van der Waals surface area (Å²) in [5.74, 6) is 0.800. The first-order chi connectivity index (χ1) is 15.3. The van der Waals surface area contributed by atoms with Crippen molar-refractivity contribution in [1.29, 1.82) is 0 Å².